The van der Waals surface area contributed by atoms with Crippen molar-refractivity contribution in [3.63, 3.8) is 0 Å². The van der Waals surface area contributed by atoms with Gasteiger partial charge in [0.15, 0.2) is 0 Å². The lowest BCUT2D eigenvalue weighted by Gasteiger charge is -2.23. The normalized spacial score (nSPS) is 29.7. The molecule has 3 unspecified atom stereocenters. The Morgan fingerprint density at radius 1 is 1.29 bits per heavy atom. The Morgan fingerprint density at radius 2 is 2.00 bits per heavy atom. The Labute approximate surface area is 100 Å². The van der Waals surface area contributed by atoms with E-state index in [-0.39, 0.29) is 13.2 Å². The highest BCUT2D eigenvalue weighted by molar-refractivity contribution is 5.15. The predicted molar refractivity (Wildman–Crippen MR) is 63.5 cm³/mol. The number of hydrogen-bond acceptors (Lipinski definition) is 3. The van der Waals surface area contributed by atoms with E-state index in [1.54, 1.807) is 0 Å². The number of halogens is 1. The first-order valence-electron chi connectivity index (χ1n) is 5.93. The van der Waals surface area contributed by atoms with Gasteiger partial charge in [-0.3, -0.25) is 4.90 Å². The summed E-state index contributed by atoms with van der Waals surface area (Å²) in [4.78, 5) is 1.82. The van der Waals surface area contributed by atoms with Gasteiger partial charge in [0.05, 0.1) is 12.6 Å². The molecule has 1 aliphatic rings. The zero-order chi connectivity index (χ0) is 12.3. The summed E-state index contributed by atoms with van der Waals surface area (Å²) >= 11 is 0. The maximum absolute atomic E-state index is 13.3. The highest BCUT2D eigenvalue weighted by Gasteiger charge is 2.40. The molecule has 94 valence electrons. The predicted octanol–water partition coefficient (Wildman–Crippen LogP) is 0.605. The van der Waals surface area contributed by atoms with Crippen LogP contribution >= 0.6 is 0 Å². The third-order valence-corrected chi connectivity index (χ3v) is 3.36. The Kier molecular flexibility index (Phi) is 4.10. The van der Waals surface area contributed by atoms with Gasteiger partial charge in [-0.05, 0) is 12.0 Å². The van der Waals surface area contributed by atoms with Crippen molar-refractivity contribution in [2.75, 3.05) is 19.7 Å². The van der Waals surface area contributed by atoms with Gasteiger partial charge in [-0.2, -0.15) is 0 Å². The number of hydrogen-bond donors (Lipinski definition) is 2. The standard InChI is InChI=1S/C13H18FNO2/c14-11-8-15(12(9-16)13(11)17)7-6-10-4-2-1-3-5-10/h1-5,11-13,16-17H,6-9H2. The van der Waals surface area contributed by atoms with Gasteiger partial charge in [0.2, 0.25) is 0 Å². The van der Waals surface area contributed by atoms with Crippen LogP contribution in [0.3, 0.4) is 0 Å². The van der Waals surface area contributed by atoms with Crippen molar-refractivity contribution in [1.82, 2.24) is 4.90 Å². The summed E-state index contributed by atoms with van der Waals surface area (Å²) in [6.45, 7) is 0.669. The molecule has 4 heteroatoms. The average Bonchev–Trinajstić information content (AvgIpc) is 2.63. The third-order valence-electron chi connectivity index (χ3n) is 3.36. The lowest BCUT2D eigenvalue weighted by Crippen LogP contribution is -2.39. The second kappa shape index (κ2) is 5.58. The molecule has 3 nitrogen and oxygen atoms in total. The lowest BCUT2D eigenvalue weighted by atomic mass is 10.1. The fourth-order valence-corrected chi connectivity index (χ4v) is 2.32. The summed E-state index contributed by atoms with van der Waals surface area (Å²) in [6, 6.07) is 9.47. The van der Waals surface area contributed by atoms with Crippen LogP contribution in [0, 0.1) is 0 Å². The fraction of sp³-hybridized carbons (Fsp3) is 0.538. The molecule has 0 radical (unpaired) electrons. The van der Waals surface area contributed by atoms with Gasteiger partial charge in [0.25, 0.3) is 0 Å². The molecule has 0 amide bonds. The Balaban J connectivity index is 1.91. The minimum atomic E-state index is -1.25. The molecule has 2 rings (SSSR count). The van der Waals surface area contributed by atoms with Crippen LogP contribution in [0.15, 0.2) is 30.3 Å². The van der Waals surface area contributed by atoms with Crippen molar-refractivity contribution in [2.24, 2.45) is 0 Å². The van der Waals surface area contributed by atoms with Gasteiger partial charge >= 0.3 is 0 Å². The number of benzene rings is 1. The molecule has 17 heavy (non-hydrogen) atoms. The second-order valence-corrected chi connectivity index (χ2v) is 4.49. The summed E-state index contributed by atoms with van der Waals surface area (Å²) in [5.74, 6) is 0. The van der Waals surface area contributed by atoms with E-state index in [4.69, 9.17) is 5.11 Å². The van der Waals surface area contributed by atoms with Crippen LogP contribution in [0.4, 0.5) is 4.39 Å². The molecule has 1 saturated heterocycles. The SMILES string of the molecule is OCC1C(O)C(F)CN1CCc1ccccc1. The fourth-order valence-electron chi connectivity index (χ4n) is 2.32. The van der Waals surface area contributed by atoms with Crippen molar-refractivity contribution in [1.29, 1.82) is 0 Å². The summed E-state index contributed by atoms with van der Waals surface area (Å²) in [5.41, 5.74) is 1.18. The number of likely N-dealkylation sites (tertiary alicyclic amines) is 1. The van der Waals surface area contributed by atoms with E-state index < -0.39 is 18.3 Å². The van der Waals surface area contributed by atoms with Crippen LogP contribution in [-0.2, 0) is 6.42 Å². The molecule has 0 spiro atoms. The van der Waals surface area contributed by atoms with Gasteiger partial charge in [0, 0.05) is 13.1 Å². The van der Waals surface area contributed by atoms with E-state index in [0.717, 1.165) is 6.42 Å². The Hall–Kier alpha value is -0.970. The first-order valence-corrected chi connectivity index (χ1v) is 5.93. The van der Waals surface area contributed by atoms with E-state index in [1.165, 1.54) is 5.56 Å². The molecule has 1 aromatic rings. The number of aliphatic hydroxyl groups excluding tert-OH is 2. The topological polar surface area (TPSA) is 43.7 Å². The molecule has 0 saturated carbocycles. The van der Waals surface area contributed by atoms with Gasteiger partial charge in [0.1, 0.15) is 12.3 Å². The summed E-state index contributed by atoms with van der Waals surface area (Å²) in [5, 5.41) is 18.7. The molecule has 3 atom stereocenters. The first-order chi connectivity index (χ1) is 8.22. The molecule has 2 N–H and O–H groups in total. The van der Waals surface area contributed by atoms with E-state index >= 15 is 0 Å². The van der Waals surface area contributed by atoms with Crippen LogP contribution in [-0.4, -0.2) is 53.1 Å². The number of nitrogens with zero attached hydrogens (tertiary/aromatic N) is 1. The van der Waals surface area contributed by atoms with Gasteiger partial charge in [-0.1, -0.05) is 30.3 Å². The van der Waals surface area contributed by atoms with Crippen molar-refractivity contribution in [3.8, 4) is 0 Å². The molecule has 0 aliphatic carbocycles. The van der Waals surface area contributed by atoms with Crippen molar-refractivity contribution >= 4 is 0 Å². The van der Waals surface area contributed by atoms with Crippen molar-refractivity contribution < 1.29 is 14.6 Å². The number of aliphatic hydroxyl groups is 2. The van der Waals surface area contributed by atoms with Gasteiger partial charge < -0.3 is 10.2 Å². The molecule has 0 bridgehead atoms. The van der Waals surface area contributed by atoms with Crippen molar-refractivity contribution in [2.45, 2.75) is 24.7 Å². The summed E-state index contributed by atoms with van der Waals surface area (Å²) in [7, 11) is 0. The maximum Gasteiger partial charge on any atom is 0.140 e. The highest BCUT2D eigenvalue weighted by Crippen LogP contribution is 2.21. The maximum atomic E-state index is 13.3. The zero-order valence-corrected chi connectivity index (χ0v) is 9.67. The van der Waals surface area contributed by atoms with Crippen LogP contribution < -0.4 is 0 Å². The molecular formula is C13H18FNO2. The van der Waals surface area contributed by atoms with Gasteiger partial charge in [-0.25, -0.2) is 4.39 Å². The van der Waals surface area contributed by atoms with Crippen LogP contribution in [0.2, 0.25) is 0 Å². The average molecular weight is 239 g/mol. The van der Waals surface area contributed by atoms with E-state index in [0.29, 0.717) is 6.54 Å². The lowest BCUT2D eigenvalue weighted by molar-refractivity contribution is 0.0501. The van der Waals surface area contributed by atoms with E-state index in [2.05, 4.69) is 0 Å². The van der Waals surface area contributed by atoms with Crippen LogP contribution in [0.25, 0.3) is 0 Å². The van der Waals surface area contributed by atoms with Crippen molar-refractivity contribution in [3.05, 3.63) is 35.9 Å². The first kappa shape index (κ1) is 12.5. The summed E-state index contributed by atoms with van der Waals surface area (Å²) in [6.07, 6.45) is -1.50. The number of alkyl halides is 1. The monoisotopic (exact) mass is 239 g/mol. The van der Waals surface area contributed by atoms with Gasteiger partial charge in [-0.15, -0.1) is 0 Å². The van der Waals surface area contributed by atoms with E-state index in [9.17, 15) is 9.50 Å². The highest BCUT2D eigenvalue weighted by atomic mass is 19.1. The Morgan fingerprint density at radius 3 is 2.65 bits per heavy atom. The summed E-state index contributed by atoms with van der Waals surface area (Å²) < 4.78 is 13.3. The number of rotatable bonds is 4. The second-order valence-electron chi connectivity index (χ2n) is 4.49. The smallest absolute Gasteiger partial charge is 0.140 e. The van der Waals surface area contributed by atoms with E-state index in [1.807, 2.05) is 35.2 Å². The minimum Gasteiger partial charge on any atom is -0.395 e. The Bertz CT molecular complexity index is 347. The molecule has 0 aromatic heterocycles. The van der Waals surface area contributed by atoms with Crippen LogP contribution in [0.1, 0.15) is 5.56 Å². The minimum absolute atomic E-state index is 0.198. The third kappa shape index (κ3) is 2.83. The molecule has 1 fully saturated rings. The molecule has 1 aliphatic heterocycles. The van der Waals surface area contributed by atoms with Crippen LogP contribution in [0.5, 0.6) is 0 Å². The molecule has 1 aromatic carbocycles. The largest absolute Gasteiger partial charge is 0.395 e. The zero-order valence-electron chi connectivity index (χ0n) is 9.67. The molecular weight excluding hydrogens is 221 g/mol. The quantitative estimate of drug-likeness (QED) is 0.809. The molecule has 1 heterocycles.